The van der Waals surface area contributed by atoms with Gasteiger partial charge in [0.25, 0.3) is 5.91 Å². The lowest BCUT2D eigenvalue weighted by atomic mass is 10.1. The summed E-state index contributed by atoms with van der Waals surface area (Å²) < 4.78 is 10.4. The molecule has 0 spiro atoms. The van der Waals surface area contributed by atoms with Crippen LogP contribution in [-0.4, -0.2) is 67.5 Å². The Bertz CT molecular complexity index is 533. The number of ether oxygens (including phenoxy) is 2. The first-order valence-electron chi connectivity index (χ1n) is 8.96. The molecular weight excluding hydrogens is 320 g/mol. The summed E-state index contributed by atoms with van der Waals surface area (Å²) in [4.78, 5) is 14.8. The molecular formula is C19H30N2O4. The molecule has 1 aliphatic rings. The highest BCUT2D eigenvalue weighted by molar-refractivity contribution is 5.94. The summed E-state index contributed by atoms with van der Waals surface area (Å²) >= 11 is 0. The Morgan fingerprint density at radius 2 is 2.04 bits per heavy atom. The Kier molecular flexibility index (Phi) is 7.68. The van der Waals surface area contributed by atoms with E-state index in [2.05, 4.69) is 24.1 Å². The van der Waals surface area contributed by atoms with Gasteiger partial charge in [-0.15, -0.1) is 0 Å². The van der Waals surface area contributed by atoms with Crippen LogP contribution in [0.15, 0.2) is 24.3 Å². The number of carbonyl (C=O) groups excluding carboxylic acids is 1. The van der Waals surface area contributed by atoms with Gasteiger partial charge in [-0.05, 0) is 57.5 Å². The van der Waals surface area contributed by atoms with Gasteiger partial charge in [-0.3, -0.25) is 9.69 Å². The van der Waals surface area contributed by atoms with Gasteiger partial charge in [0.2, 0.25) is 0 Å². The van der Waals surface area contributed by atoms with E-state index in [9.17, 15) is 9.90 Å². The van der Waals surface area contributed by atoms with E-state index in [1.807, 2.05) is 0 Å². The summed E-state index contributed by atoms with van der Waals surface area (Å²) in [5.74, 6) is 0.534. The lowest BCUT2D eigenvalue weighted by Gasteiger charge is -2.29. The Morgan fingerprint density at radius 1 is 1.32 bits per heavy atom. The maximum absolute atomic E-state index is 12.5. The van der Waals surface area contributed by atoms with Crippen LogP contribution in [0, 0.1) is 0 Å². The van der Waals surface area contributed by atoms with E-state index in [4.69, 9.17) is 9.47 Å². The predicted octanol–water partition coefficient (Wildman–Crippen LogP) is 1.68. The van der Waals surface area contributed by atoms with Gasteiger partial charge >= 0.3 is 0 Å². The molecule has 0 bridgehead atoms. The summed E-state index contributed by atoms with van der Waals surface area (Å²) in [7, 11) is 1.62. The minimum atomic E-state index is -0.510. The number of rotatable bonds is 7. The Labute approximate surface area is 150 Å². The summed E-state index contributed by atoms with van der Waals surface area (Å²) in [6.07, 6.45) is 1.14. The van der Waals surface area contributed by atoms with E-state index in [0.29, 0.717) is 43.5 Å². The zero-order valence-corrected chi connectivity index (χ0v) is 15.4. The van der Waals surface area contributed by atoms with Gasteiger partial charge in [0, 0.05) is 25.3 Å². The number of hydrogen-bond donors (Lipinski definition) is 2. The first kappa shape index (κ1) is 19.7. The van der Waals surface area contributed by atoms with Gasteiger partial charge in [0.1, 0.15) is 12.4 Å². The van der Waals surface area contributed by atoms with E-state index < -0.39 is 6.10 Å². The van der Waals surface area contributed by atoms with Crippen LogP contribution in [0.4, 0.5) is 0 Å². The van der Waals surface area contributed by atoms with Crippen LogP contribution in [0.3, 0.4) is 0 Å². The number of carbonyl (C=O) groups is 1. The highest BCUT2D eigenvalue weighted by Gasteiger charge is 2.28. The third kappa shape index (κ3) is 5.99. The first-order chi connectivity index (χ1) is 12.0. The molecule has 1 saturated heterocycles. The second-order valence-corrected chi connectivity index (χ2v) is 6.74. The maximum atomic E-state index is 12.5. The Balaban J connectivity index is 1.95. The van der Waals surface area contributed by atoms with Crippen LogP contribution in [0.25, 0.3) is 0 Å². The number of methoxy groups -OCH3 is 1. The molecule has 0 aliphatic carbocycles. The van der Waals surface area contributed by atoms with Crippen LogP contribution in [0.2, 0.25) is 0 Å². The number of amides is 1. The zero-order chi connectivity index (χ0) is 18.2. The highest BCUT2D eigenvalue weighted by Crippen LogP contribution is 2.16. The van der Waals surface area contributed by atoms with Gasteiger partial charge in [-0.25, -0.2) is 0 Å². The fourth-order valence-corrected chi connectivity index (χ4v) is 2.98. The van der Waals surface area contributed by atoms with Crippen molar-refractivity contribution in [3.63, 3.8) is 0 Å². The number of hydrogen-bond acceptors (Lipinski definition) is 5. The molecule has 25 heavy (non-hydrogen) atoms. The molecule has 1 amide bonds. The van der Waals surface area contributed by atoms with Crippen molar-refractivity contribution in [2.24, 2.45) is 0 Å². The van der Waals surface area contributed by atoms with Crippen molar-refractivity contribution in [1.82, 2.24) is 10.2 Å². The van der Waals surface area contributed by atoms with Crippen molar-refractivity contribution in [2.45, 2.75) is 44.9 Å². The van der Waals surface area contributed by atoms with Crippen LogP contribution < -0.4 is 10.1 Å². The van der Waals surface area contributed by atoms with Crippen molar-refractivity contribution < 1.29 is 19.4 Å². The fraction of sp³-hybridized carbons (Fsp3) is 0.632. The number of nitrogens with zero attached hydrogens (tertiary/aromatic N) is 1. The smallest absolute Gasteiger partial charge is 0.251 e. The molecule has 1 aliphatic heterocycles. The normalized spacial score (nSPS) is 21.8. The van der Waals surface area contributed by atoms with E-state index in [-0.39, 0.29) is 11.9 Å². The molecule has 2 atom stereocenters. The molecule has 2 unspecified atom stereocenters. The molecule has 2 rings (SSSR count). The first-order valence-corrected chi connectivity index (χ1v) is 8.96. The minimum Gasteiger partial charge on any atom is -0.491 e. The molecule has 0 radical (unpaired) electrons. The molecule has 1 heterocycles. The molecule has 0 aromatic heterocycles. The average Bonchev–Trinajstić information content (AvgIpc) is 2.78. The van der Waals surface area contributed by atoms with Crippen molar-refractivity contribution in [1.29, 1.82) is 0 Å². The molecule has 6 heteroatoms. The third-order valence-electron chi connectivity index (χ3n) is 4.56. The standard InChI is InChI=1S/C19H30N2O4/c1-14(2)21-10-4-5-18(22)17(13-21)20-19(23)15-6-8-16(9-7-15)25-12-11-24-3/h6-9,14,17-18,22H,4-5,10-13H2,1-3H3,(H,20,23). The summed E-state index contributed by atoms with van der Waals surface area (Å²) in [5.41, 5.74) is 0.562. The highest BCUT2D eigenvalue weighted by atomic mass is 16.5. The average molecular weight is 350 g/mol. The van der Waals surface area contributed by atoms with Crippen LogP contribution in [-0.2, 0) is 4.74 Å². The number of likely N-dealkylation sites (tertiary alicyclic amines) is 1. The van der Waals surface area contributed by atoms with Gasteiger partial charge in [-0.2, -0.15) is 0 Å². The lowest BCUT2D eigenvalue weighted by Crippen LogP contribution is -2.50. The molecule has 6 nitrogen and oxygen atoms in total. The second kappa shape index (κ2) is 9.75. The molecule has 140 valence electrons. The summed E-state index contributed by atoms with van der Waals surface area (Å²) in [6, 6.07) is 7.16. The predicted molar refractivity (Wildman–Crippen MR) is 97.0 cm³/mol. The van der Waals surface area contributed by atoms with Gasteiger partial charge < -0.3 is 19.9 Å². The lowest BCUT2D eigenvalue weighted by molar-refractivity contribution is 0.0786. The number of aliphatic hydroxyl groups is 1. The van der Waals surface area contributed by atoms with E-state index in [1.165, 1.54) is 0 Å². The SMILES string of the molecule is COCCOc1ccc(C(=O)NC2CN(C(C)C)CCCC2O)cc1. The number of aliphatic hydroxyl groups excluding tert-OH is 1. The van der Waals surface area contributed by atoms with Gasteiger partial charge in [-0.1, -0.05) is 0 Å². The maximum Gasteiger partial charge on any atom is 0.251 e. The van der Waals surface area contributed by atoms with E-state index in [0.717, 1.165) is 13.0 Å². The largest absolute Gasteiger partial charge is 0.491 e. The fourth-order valence-electron chi connectivity index (χ4n) is 2.98. The van der Waals surface area contributed by atoms with Crippen molar-refractivity contribution in [2.75, 3.05) is 33.4 Å². The molecule has 1 aromatic carbocycles. The Morgan fingerprint density at radius 3 is 2.68 bits per heavy atom. The molecule has 2 N–H and O–H groups in total. The zero-order valence-electron chi connectivity index (χ0n) is 15.4. The molecule has 0 saturated carbocycles. The number of nitrogens with one attached hydrogen (secondary N) is 1. The molecule has 1 fully saturated rings. The summed E-state index contributed by atoms with van der Waals surface area (Å²) in [5, 5.41) is 13.3. The van der Waals surface area contributed by atoms with Crippen molar-refractivity contribution >= 4 is 5.91 Å². The third-order valence-corrected chi connectivity index (χ3v) is 4.56. The number of benzene rings is 1. The van der Waals surface area contributed by atoms with Gasteiger partial charge in [0.05, 0.1) is 18.8 Å². The van der Waals surface area contributed by atoms with Gasteiger partial charge in [0.15, 0.2) is 0 Å². The van der Waals surface area contributed by atoms with Crippen molar-refractivity contribution in [3.8, 4) is 5.75 Å². The van der Waals surface area contributed by atoms with Crippen LogP contribution >= 0.6 is 0 Å². The molecule has 1 aromatic rings. The van der Waals surface area contributed by atoms with E-state index >= 15 is 0 Å². The van der Waals surface area contributed by atoms with E-state index in [1.54, 1.807) is 31.4 Å². The second-order valence-electron chi connectivity index (χ2n) is 6.74. The van der Waals surface area contributed by atoms with Crippen LogP contribution in [0.5, 0.6) is 5.75 Å². The van der Waals surface area contributed by atoms with Crippen molar-refractivity contribution in [3.05, 3.63) is 29.8 Å². The van der Waals surface area contributed by atoms with Crippen LogP contribution in [0.1, 0.15) is 37.0 Å². The topological polar surface area (TPSA) is 71.0 Å². The summed E-state index contributed by atoms with van der Waals surface area (Å²) in [6.45, 7) is 6.89. The quantitative estimate of drug-likeness (QED) is 0.732. The Hall–Kier alpha value is -1.63. The minimum absolute atomic E-state index is 0.168. The monoisotopic (exact) mass is 350 g/mol.